The summed E-state index contributed by atoms with van der Waals surface area (Å²) in [5.74, 6) is 0. The number of pyridine rings is 1. The molecule has 5 rings (SSSR count). The van der Waals surface area contributed by atoms with Crippen molar-refractivity contribution in [2.24, 2.45) is 0 Å². The molecule has 0 radical (unpaired) electrons. The highest BCUT2D eigenvalue weighted by molar-refractivity contribution is 7.80. The van der Waals surface area contributed by atoms with Gasteiger partial charge in [0.25, 0.3) is 0 Å². The first-order chi connectivity index (χ1) is 16.3. The number of thiocarbonyl (C=S) groups is 1. The molecule has 1 saturated heterocycles. The highest BCUT2D eigenvalue weighted by Gasteiger charge is 2.42. The van der Waals surface area contributed by atoms with Crippen molar-refractivity contribution in [2.75, 3.05) is 4.90 Å². The van der Waals surface area contributed by atoms with E-state index < -0.39 is 11.7 Å². The number of anilines is 1. The number of rotatable bonds is 4. The molecule has 3 heterocycles. The van der Waals surface area contributed by atoms with Gasteiger partial charge in [-0.3, -0.25) is 4.98 Å². The second kappa shape index (κ2) is 8.77. The molecule has 1 N–H and O–H groups in total. The molecule has 0 unspecified atom stereocenters. The molecule has 172 valence electrons. The molecule has 2 atom stereocenters. The summed E-state index contributed by atoms with van der Waals surface area (Å²) in [5, 5.41) is 4.43. The van der Waals surface area contributed by atoms with Gasteiger partial charge in [0, 0.05) is 34.5 Å². The maximum atomic E-state index is 13.4. The molecule has 0 bridgehead atoms. The summed E-state index contributed by atoms with van der Waals surface area (Å²) in [6.07, 6.45) is -0.985. The third-order valence-electron chi connectivity index (χ3n) is 5.74. The van der Waals surface area contributed by atoms with Crippen molar-refractivity contribution >= 4 is 34.6 Å². The van der Waals surface area contributed by atoms with Crippen LogP contribution in [0.15, 0.2) is 91.3 Å². The molecule has 34 heavy (non-hydrogen) atoms. The second-order valence-corrected chi connectivity index (χ2v) is 8.65. The van der Waals surface area contributed by atoms with E-state index in [0.717, 1.165) is 29.2 Å². The number of alkyl halides is 3. The minimum Gasteiger partial charge on any atom is -0.351 e. The number of halogens is 4. The monoisotopic (exact) mass is 498 g/mol. The van der Waals surface area contributed by atoms with Gasteiger partial charge < -0.3 is 14.8 Å². The molecule has 1 aliphatic rings. The zero-order valence-electron chi connectivity index (χ0n) is 17.6. The van der Waals surface area contributed by atoms with E-state index >= 15 is 0 Å². The Morgan fingerprint density at radius 1 is 0.912 bits per heavy atom. The average Bonchev–Trinajstić information content (AvgIpc) is 3.44. The fourth-order valence-electron chi connectivity index (χ4n) is 4.24. The second-order valence-electron chi connectivity index (χ2n) is 7.82. The van der Waals surface area contributed by atoms with Gasteiger partial charge in [0.1, 0.15) is 6.04 Å². The van der Waals surface area contributed by atoms with Crippen molar-refractivity contribution in [1.29, 1.82) is 0 Å². The van der Waals surface area contributed by atoms with Crippen LogP contribution in [0.2, 0.25) is 5.02 Å². The Kier molecular flexibility index (Phi) is 5.79. The molecular formula is C25H18ClF3N4S. The van der Waals surface area contributed by atoms with Crippen molar-refractivity contribution < 1.29 is 13.2 Å². The van der Waals surface area contributed by atoms with Crippen molar-refractivity contribution in [1.82, 2.24) is 14.9 Å². The molecule has 0 aliphatic carbocycles. The van der Waals surface area contributed by atoms with Crippen molar-refractivity contribution in [3.8, 4) is 5.69 Å². The summed E-state index contributed by atoms with van der Waals surface area (Å²) in [5.41, 5.74) is 2.03. The molecule has 2 aromatic carbocycles. The van der Waals surface area contributed by atoms with Crippen LogP contribution in [-0.4, -0.2) is 14.7 Å². The number of hydrogen-bond donors (Lipinski definition) is 1. The minimum atomic E-state index is -4.44. The lowest BCUT2D eigenvalue weighted by Gasteiger charge is -2.29. The first kappa shape index (κ1) is 22.4. The lowest BCUT2D eigenvalue weighted by atomic mass is 10.0. The maximum Gasteiger partial charge on any atom is 0.416 e. The topological polar surface area (TPSA) is 33.1 Å². The first-order valence-electron chi connectivity index (χ1n) is 10.4. The molecule has 2 aromatic heterocycles. The van der Waals surface area contributed by atoms with E-state index in [1.54, 1.807) is 35.2 Å². The van der Waals surface area contributed by atoms with E-state index in [1.165, 1.54) is 6.07 Å². The first-order valence-corrected chi connectivity index (χ1v) is 11.2. The predicted molar refractivity (Wildman–Crippen MR) is 130 cm³/mol. The number of benzene rings is 2. The largest absolute Gasteiger partial charge is 0.416 e. The van der Waals surface area contributed by atoms with Crippen molar-refractivity contribution in [2.45, 2.75) is 18.3 Å². The van der Waals surface area contributed by atoms with Crippen LogP contribution in [0.4, 0.5) is 18.9 Å². The van der Waals surface area contributed by atoms with Crippen LogP contribution >= 0.6 is 23.8 Å². The lowest BCUT2D eigenvalue weighted by Crippen LogP contribution is -2.30. The van der Waals surface area contributed by atoms with Gasteiger partial charge in [-0.1, -0.05) is 23.7 Å². The SMILES string of the molecule is FC(F)(F)c1cccc(-n2cccc2[C@@H]2[C@@H](c3ccccn3)NC(=S)N2c2ccc(Cl)cc2)c1. The zero-order valence-corrected chi connectivity index (χ0v) is 19.1. The Morgan fingerprint density at radius 3 is 2.41 bits per heavy atom. The Labute approximate surface area is 204 Å². The Morgan fingerprint density at radius 2 is 1.71 bits per heavy atom. The molecular weight excluding hydrogens is 481 g/mol. The fourth-order valence-corrected chi connectivity index (χ4v) is 4.71. The molecule has 1 fully saturated rings. The summed E-state index contributed by atoms with van der Waals surface area (Å²) in [6, 6.07) is 21.2. The van der Waals surface area contributed by atoms with Gasteiger partial charge in [-0.15, -0.1) is 0 Å². The van der Waals surface area contributed by atoms with Crippen LogP contribution in [0.25, 0.3) is 5.69 Å². The fraction of sp³-hybridized carbons (Fsp3) is 0.120. The number of nitrogens with one attached hydrogen (secondary N) is 1. The van der Waals surface area contributed by atoms with Gasteiger partial charge >= 0.3 is 6.18 Å². The molecule has 9 heteroatoms. The predicted octanol–water partition coefficient (Wildman–Crippen LogP) is 6.72. The Balaban J connectivity index is 1.66. The van der Waals surface area contributed by atoms with Gasteiger partial charge in [-0.25, -0.2) is 0 Å². The smallest absolute Gasteiger partial charge is 0.351 e. The molecule has 1 aliphatic heterocycles. The van der Waals surface area contributed by atoms with E-state index in [-0.39, 0.29) is 12.1 Å². The van der Waals surface area contributed by atoms with Gasteiger partial charge in [0.15, 0.2) is 5.11 Å². The van der Waals surface area contributed by atoms with Crippen LogP contribution in [0, 0.1) is 0 Å². The van der Waals surface area contributed by atoms with Crippen LogP contribution in [0.1, 0.15) is 29.0 Å². The normalized spacial score (nSPS) is 18.2. The van der Waals surface area contributed by atoms with Crippen LogP contribution in [0.3, 0.4) is 0 Å². The molecule has 0 amide bonds. The van der Waals surface area contributed by atoms with Crippen LogP contribution in [-0.2, 0) is 6.18 Å². The maximum absolute atomic E-state index is 13.4. The third kappa shape index (κ3) is 4.15. The van der Waals surface area contributed by atoms with E-state index in [9.17, 15) is 13.2 Å². The van der Waals surface area contributed by atoms with E-state index in [0.29, 0.717) is 15.8 Å². The van der Waals surface area contributed by atoms with Gasteiger partial charge in [0.2, 0.25) is 0 Å². The molecule has 0 spiro atoms. The number of aromatic nitrogens is 2. The van der Waals surface area contributed by atoms with Crippen molar-refractivity contribution in [3.63, 3.8) is 0 Å². The van der Waals surface area contributed by atoms with Gasteiger partial charge in [0.05, 0.1) is 17.3 Å². The number of hydrogen-bond acceptors (Lipinski definition) is 2. The zero-order chi connectivity index (χ0) is 23.9. The van der Waals surface area contributed by atoms with E-state index in [1.807, 2.05) is 47.4 Å². The summed E-state index contributed by atoms with van der Waals surface area (Å²) in [7, 11) is 0. The summed E-state index contributed by atoms with van der Waals surface area (Å²) >= 11 is 11.8. The highest BCUT2D eigenvalue weighted by atomic mass is 35.5. The van der Waals surface area contributed by atoms with Gasteiger partial charge in [-0.05, 0) is 78.9 Å². The van der Waals surface area contributed by atoms with E-state index in [4.69, 9.17) is 23.8 Å². The molecule has 0 saturated carbocycles. The molecule has 4 aromatic rings. The minimum absolute atomic E-state index is 0.330. The Hall–Kier alpha value is -3.36. The lowest BCUT2D eigenvalue weighted by molar-refractivity contribution is -0.137. The summed E-state index contributed by atoms with van der Waals surface area (Å²) in [6.45, 7) is 0. The average molecular weight is 499 g/mol. The van der Waals surface area contributed by atoms with E-state index in [2.05, 4.69) is 10.3 Å². The van der Waals surface area contributed by atoms with Crippen LogP contribution in [0.5, 0.6) is 0 Å². The highest BCUT2D eigenvalue weighted by Crippen LogP contribution is 2.42. The third-order valence-corrected chi connectivity index (χ3v) is 6.30. The standard InChI is InChI=1S/C25H18ClF3N4S/c26-17-9-11-18(12-10-17)33-23(22(31-24(33)34)20-7-1-2-13-30-20)21-8-4-14-32(21)19-6-3-5-16(15-19)25(27,28)29/h1-15,22-23H,(H,31,34)/t22-,23-/m1/s1. The number of nitrogens with zero attached hydrogens (tertiary/aromatic N) is 3. The van der Waals surface area contributed by atoms with Gasteiger partial charge in [-0.2, -0.15) is 13.2 Å². The summed E-state index contributed by atoms with van der Waals surface area (Å²) < 4.78 is 42.0. The summed E-state index contributed by atoms with van der Waals surface area (Å²) in [4.78, 5) is 6.47. The van der Waals surface area contributed by atoms with Crippen LogP contribution < -0.4 is 10.2 Å². The quantitative estimate of drug-likeness (QED) is 0.317. The Bertz CT molecular complexity index is 1320. The van der Waals surface area contributed by atoms with Crippen molar-refractivity contribution in [3.05, 3.63) is 113 Å². The molecule has 4 nitrogen and oxygen atoms in total.